The molecule has 0 aliphatic heterocycles. The maximum absolute atomic E-state index is 12.4. The van der Waals surface area contributed by atoms with Gasteiger partial charge in [0.1, 0.15) is 29.7 Å². The molecule has 5 atom stereocenters. The highest BCUT2D eigenvalue weighted by molar-refractivity contribution is 5.87. The van der Waals surface area contributed by atoms with E-state index in [2.05, 4.69) is 16.0 Å². The SMILES string of the molecule is CC(=O)[C@@H](C)CCCCNC(=O)CC[C@H](NC(=O)CC[C@H](CC(=O)CC[C@H](NC(=O)CC[C@H](N)C(=O)O)C(=O)O)C(=O)O)C(=O)O.[HH]. The fourth-order valence-electron chi connectivity index (χ4n) is 4.13. The van der Waals surface area contributed by atoms with Crippen molar-refractivity contribution in [2.24, 2.45) is 17.6 Å². The monoisotopic (exact) mass is 660 g/mol. The van der Waals surface area contributed by atoms with Crippen LogP contribution in [0.2, 0.25) is 0 Å². The van der Waals surface area contributed by atoms with Crippen LogP contribution in [0.4, 0.5) is 0 Å². The van der Waals surface area contributed by atoms with Gasteiger partial charge in [-0.15, -0.1) is 0 Å². The summed E-state index contributed by atoms with van der Waals surface area (Å²) in [5.41, 5.74) is 5.30. The van der Waals surface area contributed by atoms with Crippen LogP contribution in [0.25, 0.3) is 0 Å². The van der Waals surface area contributed by atoms with Crippen LogP contribution >= 0.6 is 0 Å². The normalized spacial score (nSPS) is 14.1. The lowest BCUT2D eigenvalue weighted by Gasteiger charge is -2.17. The molecular formula is C29H48N4O13. The Hall–Kier alpha value is -4.41. The number of carboxylic acid groups (broad SMARTS) is 4. The van der Waals surface area contributed by atoms with Crippen LogP contribution in [0.5, 0.6) is 0 Å². The zero-order valence-corrected chi connectivity index (χ0v) is 26.1. The summed E-state index contributed by atoms with van der Waals surface area (Å²) in [4.78, 5) is 106. The molecule has 0 aliphatic carbocycles. The number of hydrogen-bond acceptors (Lipinski definition) is 10. The molecule has 0 aromatic rings. The van der Waals surface area contributed by atoms with Gasteiger partial charge in [-0.05, 0) is 45.4 Å². The highest BCUT2D eigenvalue weighted by Gasteiger charge is 2.27. The Bertz CT molecular complexity index is 1120. The summed E-state index contributed by atoms with van der Waals surface area (Å²) in [5, 5.41) is 44.0. The smallest absolute Gasteiger partial charge is 0.326 e. The first-order valence-corrected chi connectivity index (χ1v) is 15.0. The van der Waals surface area contributed by atoms with Gasteiger partial charge in [-0.1, -0.05) is 13.3 Å². The molecule has 0 aromatic carbocycles. The van der Waals surface area contributed by atoms with E-state index in [1.807, 2.05) is 6.92 Å². The van der Waals surface area contributed by atoms with E-state index >= 15 is 0 Å². The first-order chi connectivity index (χ1) is 21.4. The number of amides is 3. The van der Waals surface area contributed by atoms with Gasteiger partial charge in [0.05, 0.1) is 5.92 Å². The number of carbonyl (C=O) groups is 9. The van der Waals surface area contributed by atoms with Crippen LogP contribution in [-0.4, -0.2) is 98.3 Å². The Kier molecular flexibility index (Phi) is 20.0. The third-order valence-electron chi connectivity index (χ3n) is 7.26. The predicted octanol–water partition coefficient (Wildman–Crippen LogP) is 0.0755. The van der Waals surface area contributed by atoms with Crippen LogP contribution in [0.1, 0.15) is 92.3 Å². The van der Waals surface area contributed by atoms with E-state index in [9.17, 15) is 58.5 Å². The molecule has 0 saturated carbocycles. The summed E-state index contributed by atoms with van der Waals surface area (Å²) >= 11 is 0. The minimum absolute atomic E-state index is 0. The largest absolute Gasteiger partial charge is 0.481 e. The molecule has 46 heavy (non-hydrogen) atoms. The molecule has 0 aromatic heterocycles. The molecule has 0 radical (unpaired) electrons. The summed E-state index contributed by atoms with van der Waals surface area (Å²) in [5.74, 6) is -9.57. The topological polar surface area (TPSA) is 297 Å². The van der Waals surface area contributed by atoms with Gasteiger partial charge in [0.15, 0.2) is 0 Å². The van der Waals surface area contributed by atoms with Gasteiger partial charge >= 0.3 is 23.9 Å². The maximum atomic E-state index is 12.4. The van der Waals surface area contributed by atoms with E-state index < -0.39 is 90.7 Å². The fourth-order valence-corrected chi connectivity index (χ4v) is 4.13. The summed E-state index contributed by atoms with van der Waals surface area (Å²) in [6.45, 7) is 3.68. The number of aliphatic carboxylic acids is 4. The van der Waals surface area contributed by atoms with Crippen molar-refractivity contribution in [1.82, 2.24) is 16.0 Å². The summed E-state index contributed by atoms with van der Waals surface area (Å²) < 4.78 is 0. The molecule has 0 spiro atoms. The molecule has 0 unspecified atom stereocenters. The van der Waals surface area contributed by atoms with Gasteiger partial charge in [-0.25, -0.2) is 9.59 Å². The molecule has 0 bridgehead atoms. The number of nitrogens with one attached hydrogen (secondary N) is 3. The number of rotatable bonds is 26. The van der Waals surface area contributed by atoms with Crippen molar-refractivity contribution in [3.8, 4) is 0 Å². The van der Waals surface area contributed by atoms with Crippen LogP contribution < -0.4 is 21.7 Å². The number of Topliss-reactive ketones (excluding diaryl/α,β-unsaturated/α-hetero) is 2. The Morgan fingerprint density at radius 1 is 0.630 bits per heavy atom. The molecule has 3 amide bonds. The van der Waals surface area contributed by atoms with Gasteiger partial charge in [0.2, 0.25) is 17.7 Å². The van der Waals surface area contributed by atoms with E-state index in [1.165, 1.54) is 6.92 Å². The second kappa shape index (κ2) is 22.2. The van der Waals surface area contributed by atoms with E-state index in [0.29, 0.717) is 19.4 Å². The zero-order valence-electron chi connectivity index (χ0n) is 26.1. The summed E-state index contributed by atoms with van der Waals surface area (Å²) in [6.07, 6.45) is -1.07. The predicted molar refractivity (Wildman–Crippen MR) is 161 cm³/mol. The number of unbranched alkanes of at least 4 members (excludes halogenated alkanes) is 1. The van der Waals surface area contributed by atoms with Crippen LogP contribution in [0.15, 0.2) is 0 Å². The maximum Gasteiger partial charge on any atom is 0.326 e. The average Bonchev–Trinajstić information content (AvgIpc) is 2.96. The second-order valence-corrected chi connectivity index (χ2v) is 11.2. The highest BCUT2D eigenvalue weighted by Crippen LogP contribution is 2.16. The Morgan fingerprint density at radius 3 is 1.61 bits per heavy atom. The molecule has 17 heteroatoms. The molecule has 9 N–H and O–H groups in total. The van der Waals surface area contributed by atoms with E-state index in [0.717, 1.165) is 6.42 Å². The van der Waals surface area contributed by atoms with Crippen molar-refractivity contribution in [3.05, 3.63) is 0 Å². The van der Waals surface area contributed by atoms with E-state index in [1.54, 1.807) is 0 Å². The number of ketones is 2. The molecule has 0 aliphatic rings. The lowest BCUT2D eigenvalue weighted by atomic mass is 9.94. The number of hydrogen-bond donors (Lipinski definition) is 8. The lowest BCUT2D eigenvalue weighted by Crippen LogP contribution is -2.42. The van der Waals surface area contributed by atoms with Gasteiger partial charge < -0.3 is 42.1 Å². The lowest BCUT2D eigenvalue weighted by molar-refractivity contribution is -0.145. The third-order valence-corrected chi connectivity index (χ3v) is 7.26. The Morgan fingerprint density at radius 2 is 1.13 bits per heavy atom. The van der Waals surface area contributed by atoms with Crippen LogP contribution in [0.3, 0.4) is 0 Å². The number of nitrogens with two attached hydrogens (primary N) is 1. The van der Waals surface area contributed by atoms with E-state index in [-0.39, 0.29) is 51.7 Å². The standard InChI is InChI=1S/C29H46N4O13.H2/c1-16(17(2)34)5-3-4-14-31-23(36)13-10-22(29(45)46)33-24(37)11-6-18(26(39)40)15-19(35)7-9-21(28(43)44)32-25(38)12-8-20(30)27(41)42;/h16,18,20-22H,3-15,30H2,1-2H3,(H,31,36)(H,32,38)(H,33,37)(H,39,40)(H,41,42)(H,43,44)(H,45,46);1H/t16-,18+,20-,21-,22-;/m0./s1. The minimum atomic E-state index is -1.50. The molecule has 0 saturated heterocycles. The first kappa shape index (κ1) is 41.6. The van der Waals surface area contributed by atoms with Crippen molar-refractivity contribution in [3.63, 3.8) is 0 Å². The molecular weight excluding hydrogens is 612 g/mol. The fraction of sp³-hybridized carbons (Fsp3) is 0.690. The van der Waals surface area contributed by atoms with Crippen molar-refractivity contribution in [2.45, 2.75) is 109 Å². The van der Waals surface area contributed by atoms with Crippen LogP contribution in [-0.2, 0) is 43.2 Å². The van der Waals surface area contributed by atoms with Crippen molar-refractivity contribution < 1.29 is 65.0 Å². The van der Waals surface area contributed by atoms with Gasteiger partial charge in [0.25, 0.3) is 0 Å². The average molecular weight is 661 g/mol. The summed E-state index contributed by atoms with van der Waals surface area (Å²) in [6, 6.07) is -4.23. The Balaban J connectivity index is 0. The summed E-state index contributed by atoms with van der Waals surface area (Å²) in [7, 11) is 0. The van der Waals surface area contributed by atoms with Gasteiger partial charge in [0, 0.05) is 46.0 Å². The van der Waals surface area contributed by atoms with Crippen molar-refractivity contribution >= 4 is 53.2 Å². The zero-order chi connectivity index (χ0) is 35.4. The van der Waals surface area contributed by atoms with Gasteiger partial charge in [-0.3, -0.25) is 33.6 Å². The van der Waals surface area contributed by atoms with Crippen LogP contribution in [0, 0.1) is 11.8 Å². The molecule has 17 nitrogen and oxygen atoms in total. The van der Waals surface area contributed by atoms with Gasteiger partial charge in [-0.2, -0.15) is 0 Å². The van der Waals surface area contributed by atoms with E-state index in [4.69, 9.17) is 10.8 Å². The number of carboxylic acids is 4. The first-order valence-electron chi connectivity index (χ1n) is 15.0. The van der Waals surface area contributed by atoms with Crippen molar-refractivity contribution in [2.75, 3.05) is 6.54 Å². The molecule has 262 valence electrons. The molecule has 0 rings (SSSR count). The molecule has 0 fully saturated rings. The quantitative estimate of drug-likeness (QED) is 0.0570. The molecule has 0 heterocycles. The minimum Gasteiger partial charge on any atom is -0.481 e. The number of carbonyl (C=O) groups excluding carboxylic acids is 5. The van der Waals surface area contributed by atoms with Crippen molar-refractivity contribution in [1.29, 1.82) is 0 Å². The Labute approximate surface area is 267 Å². The highest BCUT2D eigenvalue weighted by atomic mass is 16.4. The second-order valence-electron chi connectivity index (χ2n) is 11.2. The third kappa shape index (κ3) is 19.1.